The van der Waals surface area contributed by atoms with Gasteiger partial charge in [-0.1, -0.05) is 42.5 Å². The molecule has 0 saturated heterocycles. The van der Waals surface area contributed by atoms with E-state index < -0.39 is 0 Å². The lowest BCUT2D eigenvalue weighted by Gasteiger charge is -2.02. The van der Waals surface area contributed by atoms with Gasteiger partial charge in [-0.3, -0.25) is 10.1 Å². The molecule has 1 fully saturated rings. The molecule has 0 aromatic heterocycles. The molecule has 0 heterocycles. The molecule has 0 N–H and O–H groups in total. The first-order valence-electron chi connectivity index (χ1n) is 6.75. The van der Waals surface area contributed by atoms with Crippen molar-refractivity contribution in [2.45, 2.75) is 18.8 Å². The molecule has 0 atom stereocenters. The first kappa shape index (κ1) is 12.6. The zero-order valence-electron chi connectivity index (χ0n) is 11.0. The maximum Gasteiger partial charge on any atom is 0.277 e. The summed E-state index contributed by atoms with van der Waals surface area (Å²) in [5, 5.41) is 11.3. The van der Waals surface area contributed by atoms with E-state index in [0.717, 1.165) is 5.56 Å². The van der Waals surface area contributed by atoms with Gasteiger partial charge in [0, 0.05) is 6.08 Å². The monoisotopic (exact) mass is 265 g/mol. The summed E-state index contributed by atoms with van der Waals surface area (Å²) in [4.78, 5) is 11.0. The average molecular weight is 265 g/mol. The topological polar surface area (TPSA) is 43.1 Å². The van der Waals surface area contributed by atoms with Gasteiger partial charge in [0.05, 0.1) is 10.5 Å². The zero-order chi connectivity index (χ0) is 13.9. The Labute approximate surface area is 117 Å². The Kier molecular flexibility index (Phi) is 3.33. The van der Waals surface area contributed by atoms with Crippen molar-refractivity contribution in [3.8, 4) is 0 Å². The number of nitro groups is 1. The normalized spacial score (nSPS) is 15.1. The minimum absolute atomic E-state index is 0.138. The first-order valence-corrected chi connectivity index (χ1v) is 6.75. The van der Waals surface area contributed by atoms with Gasteiger partial charge in [-0.2, -0.15) is 0 Å². The predicted molar refractivity (Wildman–Crippen MR) is 79.7 cm³/mol. The Bertz CT molecular complexity index is 658. The number of nitrogens with zero attached hydrogens (tertiary/aromatic N) is 1. The highest BCUT2D eigenvalue weighted by Crippen LogP contribution is 2.40. The van der Waals surface area contributed by atoms with Gasteiger partial charge in [-0.25, -0.2) is 0 Å². The number of rotatable bonds is 4. The minimum atomic E-state index is -0.320. The molecule has 2 aromatic rings. The lowest BCUT2D eigenvalue weighted by atomic mass is 10.0. The van der Waals surface area contributed by atoms with E-state index in [-0.39, 0.29) is 10.6 Å². The van der Waals surface area contributed by atoms with Crippen LogP contribution in [-0.4, -0.2) is 4.92 Å². The van der Waals surface area contributed by atoms with Gasteiger partial charge in [-0.15, -0.1) is 0 Å². The number of benzene rings is 2. The predicted octanol–water partition coefficient (Wildman–Crippen LogP) is 4.34. The molecule has 0 amide bonds. The van der Waals surface area contributed by atoms with Crippen LogP contribution >= 0.6 is 0 Å². The van der Waals surface area contributed by atoms with Crippen LogP contribution in [-0.2, 0) is 0 Å². The third kappa shape index (κ3) is 2.77. The summed E-state index contributed by atoms with van der Waals surface area (Å²) in [7, 11) is 0. The Morgan fingerprint density at radius 1 is 1.10 bits per heavy atom. The van der Waals surface area contributed by atoms with Crippen LogP contribution in [0.15, 0.2) is 54.6 Å². The molecule has 0 spiro atoms. The van der Waals surface area contributed by atoms with E-state index in [1.165, 1.54) is 18.4 Å². The molecular formula is C17H15NO2. The van der Waals surface area contributed by atoms with Crippen molar-refractivity contribution in [2.24, 2.45) is 0 Å². The molecule has 1 saturated carbocycles. The molecule has 0 bridgehead atoms. The molecule has 1 aliphatic rings. The highest BCUT2D eigenvalue weighted by Gasteiger charge is 2.23. The summed E-state index contributed by atoms with van der Waals surface area (Å²) in [6, 6.07) is 17.1. The van der Waals surface area contributed by atoms with Crippen LogP contribution in [0.5, 0.6) is 0 Å². The Hall–Kier alpha value is -2.42. The van der Waals surface area contributed by atoms with Crippen LogP contribution in [0.3, 0.4) is 0 Å². The molecule has 1 aliphatic carbocycles. The van der Waals surface area contributed by atoms with Crippen molar-refractivity contribution in [3.05, 3.63) is 81.4 Å². The van der Waals surface area contributed by atoms with Crippen LogP contribution in [0.4, 0.5) is 0 Å². The minimum Gasteiger partial charge on any atom is -0.258 e. The molecule has 20 heavy (non-hydrogen) atoms. The molecule has 3 nitrogen and oxygen atoms in total. The molecule has 3 heteroatoms. The van der Waals surface area contributed by atoms with E-state index in [1.807, 2.05) is 30.3 Å². The first-order chi connectivity index (χ1) is 9.74. The van der Waals surface area contributed by atoms with Crippen LogP contribution in [0, 0.1) is 10.1 Å². The van der Waals surface area contributed by atoms with Crippen LogP contribution in [0.1, 0.15) is 35.4 Å². The maximum atomic E-state index is 11.3. The summed E-state index contributed by atoms with van der Waals surface area (Å²) >= 11 is 0. The smallest absolute Gasteiger partial charge is 0.258 e. The SMILES string of the molecule is O=[N+]([O-])/C(=C/c1cccc(C2CC2)c1)c1ccccc1. The summed E-state index contributed by atoms with van der Waals surface area (Å²) in [5.74, 6) is 0.652. The fourth-order valence-electron chi connectivity index (χ4n) is 2.33. The van der Waals surface area contributed by atoms with Crippen LogP contribution < -0.4 is 0 Å². The molecule has 3 rings (SSSR count). The second-order valence-corrected chi connectivity index (χ2v) is 5.10. The third-order valence-electron chi connectivity index (χ3n) is 3.53. The largest absolute Gasteiger partial charge is 0.277 e. The van der Waals surface area contributed by atoms with E-state index in [4.69, 9.17) is 0 Å². The lowest BCUT2D eigenvalue weighted by Crippen LogP contribution is -1.97. The van der Waals surface area contributed by atoms with E-state index in [9.17, 15) is 10.1 Å². The van der Waals surface area contributed by atoms with Crippen molar-refractivity contribution in [3.63, 3.8) is 0 Å². The van der Waals surface area contributed by atoms with Gasteiger partial charge in [-0.05, 0) is 42.0 Å². The van der Waals surface area contributed by atoms with E-state index in [1.54, 1.807) is 18.2 Å². The standard InChI is InChI=1S/C17H15NO2/c19-18(20)17(15-6-2-1-3-7-15)12-13-5-4-8-16(11-13)14-9-10-14/h1-8,11-12,14H,9-10H2/b17-12+. The van der Waals surface area contributed by atoms with Gasteiger partial charge < -0.3 is 0 Å². The van der Waals surface area contributed by atoms with E-state index in [0.29, 0.717) is 11.5 Å². The van der Waals surface area contributed by atoms with Crippen molar-refractivity contribution >= 4 is 11.8 Å². The molecule has 0 radical (unpaired) electrons. The van der Waals surface area contributed by atoms with Crippen molar-refractivity contribution in [2.75, 3.05) is 0 Å². The fraction of sp³-hybridized carbons (Fsp3) is 0.176. The maximum absolute atomic E-state index is 11.3. The van der Waals surface area contributed by atoms with Gasteiger partial charge >= 0.3 is 0 Å². The number of hydrogen-bond donors (Lipinski definition) is 0. The second kappa shape index (κ2) is 5.29. The molecular weight excluding hydrogens is 250 g/mol. The fourth-order valence-corrected chi connectivity index (χ4v) is 2.33. The van der Waals surface area contributed by atoms with Crippen molar-refractivity contribution in [1.29, 1.82) is 0 Å². The van der Waals surface area contributed by atoms with Gasteiger partial charge in [0.15, 0.2) is 0 Å². The summed E-state index contributed by atoms with van der Waals surface area (Å²) < 4.78 is 0. The van der Waals surface area contributed by atoms with E-state index >= 15 is 0 Å². The van der Waals surface area contributed by atoms with Crippen LogP contribution in [0.2, 0.25) is 0 Å². The van der Waals surface area contributed by atoms with Gasteiger partial charge in [0.1, 0.15) is 0 Å². The Morgan fingerprint density at radius 2 is 1.85 bits per heavy atom. The highest BCUT2D eigenvalue weighted by molar-refractivity contribution is 5.76. The molecule has 2 aromatic carbocycles. The van der Waals surface area contributed by atoms with Crippen LogP contribution in [0.25, 0.3) is 11.8 Å². The lowest BCUT2D eigenvalue weighted by molar-refractivity contribution is -0.374. The summed E-state index contributed by atoms with van der Waals surface area (Å²) in [6.07, 6.45) is 4.11. The third-order valence-corrected chi connectivity index (χ3v) is 3.53. The highest BCUT2D eigenvalue weighted by atomic mass is 16.6. The Morgan fingerprint density at radius 3 is 2.50 bits per heavy atom. The van der Waals surface area contributed by atoms with Crippen molar-refractivity contribution < 1.29 is 4.92 Å². The number of hydrogen-bond acceptors (Lipinski definition) is 2. The second-order valence-electron chi connectivity index (χ2n) is 5.10. The molecule has 100 valence electrons. The zero-order valence-corrected chi connectivity index (χ0v) is 11.0. The van der Waals surface area contributed by atoms with Gasteiger partial charge in [0.2, 0.25) is 0 Å². The summed E-state index contributed by atoms with van der Waals surface area (Å²) in [5.41, 5.74) is 2.95. The van der Waals surface area contributed by atoms with Crippen molar-refractivity contribution in [1.82, 2.24) is 0 Å². The average Bonchev–Trinajstić information content (AvgIpc) is 3.30. The molecule has 0 unspecified atom stereocenters. The Balaban J connectivity index is 1.98. The quantitative estimate of drug-likeness (QED) is 0.469. The molecule has 0 aliphatic heterocycles. The van der Waals surface area contributed by atoms with Gasteiger partial charge in [0.25, 0.3) is 5.70 Å². The summed E-state index contributed by atoms with van der Waals surface area (Å²) in [6.45, 7) is 0. The van der Waals surface area contributed by atoms with E-state index in [2.05, 4.69) is 12.1 Å².